The number of fused-ring (bicyclic) bond motifs is 1. The molecule has 2 aliphatic heterocycles. The lowest BCUT2D eigenvalue weighted by Crippen LogP contribution is -2.46. The molecule has 2 heterocycles. The number of nitrogens with zero attached hydrogens (tertiary/aromatic N) is 2. The molecule has 0 aromatic heterocycles. The molecule has 0 saturated carbocycles. The van der Waals surface area contributed by atoms with E-state index < -0.39 is 5.97 Å². The number of hydrogen-bond acceptors (Lipinski definition) is 3. The molecule has 0 atom stereocenters. The van der Waals surface area contributed by atoms with Crippen LogP contribution in [0.1, 0.15) is 29.5 Å². The van der Waals surface area contributed by atoms with Gasteiger partial charge in [-0.05, 0) is 54.2 Å². The van der Waals surface area contributed by atoms with Crippen LogP contribution in [-0.4, -0.2) is 47.6 Å². The predicted molar refractivity (Wildman–Crippen MR) is 114 cm³/mol. The van der Waals surface area contributed by atoms with Crippen molar-refractivity contribution in [2.24, 2.45) is 0 Å². The fraction of sp³-hybridized carbons (Fsp3) is 0.391. The summed E-state index contributed by atoms with van der Waals surface area (Å²) in [5.74, 6) is -0.723. The van der Waals surface area contributed by atoms with Crippen molar-refractivity contribution in [2.75, 3.05) is 24.5 Å². The Balaban J connectivity index is 1.37. The van der Waals surface area contributed by atoms with E-state index in [4.69, 9.17) is 16.7 Å². The molecule has 0 aliphatic carbocycles. The van der Waals surface area contributed by atoms with Crippen molar-refractivity contribution in [3.05, 3.63) is 64.2 Å². The van der Waals surface area contributed by atoms with E-state index in [0.717, 1.165) is 60.7 Å². The number of piperidine rings is 1. The molecule has 5 nitrogen and oxygen atoms in total. The third-order valence-electron chi connectivity index (χ3n) is 5.90. The van der Waals surface area contributed by atoms with E-state index >= 15 is 0 Å². The van der Waals surface area contributed by atoms with Gasteiger partial charge in [0.15, 0.2) is 0 Å². The quantitative estimate of drug-likeness (QED) is 0.788. The van der Waals surface area contributed by atoms with Crippen molar-refractivity contribution >= 4 is 29.2 Å². The summed E-state index contributed by atoms with van der Waals surface area (Å²) in [6.07, 6.45) is 3.23. The van der Waals surface area contributed by atoms with E-state index in [0.29, 0.717) is 6.42 Å². The summed E-state index contributed by atoms with van der Waals surface area (Å²) in [4.78, 5) is 28.1. The maximum Gasteiger partial charge on any atom is 0.307 e. The van der Waals surface area contributed by atoms with E-state index in [1.165, 1.54) is 5.56 Å². The van der Waals surface area contributed by atoms with Gasteiger partial charge in [0.05, 0.1) is 12.8 Å². The molecule has 0 radical (unpaired) electrons. The minimum atomic E-state index is -0.853. The van der Waals surface area contributed by atoms with E-state index in [9.17, 15) is 9.59 Å². The lowest BCUT2D eigenvalue weighted by atomic mass is 10.0. The van der Waals surface area contributed by atoms with E-state index in [1.807, 2.05) is 41.3 Å². The SMILES string of the molecule is O=C(O)Cc1ccc2c(c1)N(C1CCN(CCc3cccc(Cl)c3)CC1)C(=O)C2. The number of anilines is 1. The van der Waals surface area contributed by atoms with Crippen molar-refractivity contribution in [2.45, 2.75) is 38.1 Å². The summed E-state index contributed by atoms with van der Waals surface area (Å²) in [7, 11) is 0. The van der Waals surface area contributed by atoms with Gasteiger partial charge in [0.25, 0.3) is 0 Å². The van der Waals surface area contributed by atoms with Crippen LogP contribution in [0.2, 0.25) is 5.02 Å². The van der Waals surface area contributed by atoms with E-state index in [-0.39, 0.29) is 18.4 Å². The molecule has 6 heteroatoms. The number of carboxylic acid groups (broad SMARTS) is 1. The largest absolute Gasteiger partial charge is 0.481 e. The first-order chi connectivity index (χ1) is 14.0. The van der Waals surface area contributed by atoms with Gasteiger partial charge in [0, 0.05) is 36.4 Å². The molecule has 2 aliphatic rings. The van der Waals surface area contributed by atoms with Gasteiger partial charge in [-0.1, -0.05) is 35.9 Å². The molecule has 0 unspecified atom stereocenters. The Morgan fingerprint density at radius 2 is 1.90 bits per heavy atom. The summed E-state index contributed by atoms with van der Waals surface area (Å²) >= 11 is 6.07. The van der Waals surface area contributed by atoms with Crippen LogP contribution in [0.5, 0.6) is 0 Å². The fourth-order valence-electron chi connectivity index (χ4n) is 4.43. The van der Waals surface area contributed by atoms with Crippen LogP contribution >= 0.6 is 11.6 Å². The smallest absolute Gasteiger partial charge is 0.307 e. The Morgan fingerprint density at radius 3 is 2.62 bits per heavy atom. The molecular formula is C23H25ClN2O3. The van der Waals surface area contributed by atoms with Crippen LogP contribution in [0.3, 0.4) is 0 Å². The molecule has 152 valence electrons. The van der Waals surface area contributed by atoms with Gasteiger partial charge < -0.3 is 14.9 Å². The van der Waals surface area contributed by atoms with Gasteiger partial charge in [-0.25, -0.2) is 0 Å². The average Bonchev–Trinajstić information content (AvgIpc) is 3.01. The minimum absolute atomic E-state index is 0.0166. The number of aliphatic carboxylic acids is 1. The van der Waals surface area contributed by atoms with Gasteiger partial charge in [0.2, 0.25) is 5.91 Å². The zero-order chi connectivity index (χ0) is 20.4. The summed E-state index contributed by atoms with van der Waals surface area (Å²) in [5, 5.41) is 9.84. The van der Waals surface area contributed by atoms with Gasteiger partial charge in [-0.2, -0.15) is 0 Å². The second-order valence-corrected chi connectivity index (χ2v) is 8.36. The monoisotopic (exact) mass is 412 g/mol. The molecule has 0 bridgehead atoms. The van der Waals surface area contributed by atoms with Gasteiger partial charge in [0.1, 0.15) is 0 Å². The van der Waals surface area contributed by atoms with Gasteiger partial charge in [-0.15, -0.1) is 0 Å². The zero-order valence-electron chi connectivity index (χ0n) is 16.3. The molecule has 4 rings (SSSR count). The van der Waals surface area contributed by atoms with E-state index in [2.05, 4.69) is 11.0 Å². The van der Waals surface area contributed by atoms with Crippen molar-refractivity contribution < 1.29 is 14.7 Å². The normalized spacial score (nSPS) is 17.6. The number of rotatable bonds is 6. The van der Waals surface area contributed by atoms with Crippen LogP contribution in [-0.2, 0) is 28.9 Å². The Bertz CT molecular complexity index is 922. The Hall–Kier alpha value is -2.37. The van der Waals surface area contributed by atoms with Gasteiger partial charge >= 0.3 is 5.97 Å². The van der Waals surface area contributed by atoms with Crippen molar-refractivity contribution in [3.8, 4) is 0 Å². The third-order valence-corrected chi connectivity index (χ3v) is 6.14. The predicted octanol–water partition coefficient (Wildman–Crippen LogP) is 3.56. The number of likely N-dealkylation sites (tertiary alicyclic amines) is 1. The first-order valence-electron chi connectivity index (χ1n) is 10.1. The Kier molecular flexibility index (Phi) is 5.88. The second kappa shape index (κ2) is 8.56. The Morgan fingerprint density at radius 1 is 1.10 bits per heavy atom. The highest BCUT2D eigenvalue weighted by Crippen LogP contribution is 2.34. The number of benzene rings is 2. The molecule has 2 aromatic carbocycles. The Labute approximate surface area is 175 Å². The lowest BCUT2D eigenvalue weighted by Gasteiger charge is -2.37. The van der Waals surface area contributed by atoms with Crippen LogP contribution in [0.15, 0.2) is 42.5 Å². The summed E-state index contributed by atoms with van der Waals surface area (Å²) in [6.45, 7) is 2.90. The maximum absolute atomic E-state index is 12.7. The molecule has 29 heavy (non-hydrogen) atoms. The first kappa shape index (κ1) is 19.9. The molecule has 1 fully saturated rings. The summed E-state index contributed by atoms with van der Waals surface area (Å²) in [6, 6.07) is 13.8. The molecule has 2 aromatic rings. The minimum Gasteiger partial charge on any atom is -0.481 e. The third kappa shape index (κ3) is 4.62. The topological polar surface area (TPSA) is 60.9 Å². The standard InChI is InChI=1S/C23H25ClN2O3/c24-19-3-1-2-16(12-19)6-9-25-10-7-20(8-11-25)26-21-13-17(14-23(28)29)4-5-18(21)15-22(26)27/h1-5,12-13,20H,6-11,14-15H2,(H,28,29). The summed E-state index contributed by atoms with van der Waals surface area (Å²) < 4.78 is 0. The number of amides is 1. The van der Waals surface area contributed by atoms with Crippen LogP contribution in [0.25, 0.3) is 0 Å². The highest BCUT2D eigenvalue weighted by Gasteiger charge is 2.35. The number of carboxylic acids is 1. The number of carbonyl (C=O) groups excluding carboxylic acids is 1. The number of halogens is 1. The molecular weight excluding hydrogens is 388 g/mol. The maximum atomic E-state index is 12.7. The average molecular weight is 413 g/mol. The molecule has 0 spiro atoms. The first-order valence-corrected chi connectivity index (χ1v) is 10.5. The molecule has 1 N–H and O–H groups in total. The lowest BCUT2D eigenvalue weighted by molar-refractivity contribution is -0.136. The second-order valence-electron chi connectivity index (χ2n) is 7.93. The fourth-order valence-corrected chi connectivity index (χ4v) is 4.64. The highest BCUT2D eigenvalue weighted by molar-refractivity contribution is 6.30. The zero-order valence-corrected chi connectivity index (χ0v) is 17.1. The van der Waals surface area contributed by atoms with Crippen LogP contribution in [0.4, 0.5) is 5.69 Å². The highest BCUT2D eigenvalue weighted by atomic mass is 35.5. The van der Waals surface area contributed by atoms with Crippen molar-refractivity contribution in [3.63, 3.8) is 0 Å². The van der Waals surface area contributed by atoms with Crippen LogP contribution < -0.4 is 4.90 Å². The number of carbonyl (C=O) groups is 2. The van der Waals surface area contributed by atoms with Crippen molar-refractivity contribution in [1.29, 1.82) is 0 Å². The molecule has 1 amide bonds. The number of hydrogen-bond donors (Lipinski definition) is 1. The van der Waals surface area contributed by atoms with Gasteiger partial charge in [-0.3, -0.25) is 9.59 Å². The molecule has 1 saturated heterocycles. The van der Waals surface area contributed by atoms with Crippen molar-refractivity contribution in [1.82, 2.24) is 4.90 Å². The summed E-state index contributed by atoms with van der Waals surface area (Å²) in [5.41, 5.74) is 3.91. The van der Waals surface area contributed by atoms with E-state index in [1.54, 1.807) is 0 Å². The van der Waals surface area contributed by atoms with Crippen LogP contribution in [0, 0.1) is 0 Å².